The zero-order valence-corrected chi connectivity index (χ0v) is 10.3. The number of rotatable bonds is 7. The van der Waals surface area contributed by atoms with Gasteiger partial charge in [0.2, 0.25) is 11.8 Å². The van der Waals surface area contributed by atoms with Gasteiger partial charge in [0.25, 0.3) is 0 Å². The molecule has 0 saturated carbocycles. The van der Waals surface area contributed by atoms with Crippen LogP contribution in [0, 0.1) is 0 Å². The minimum Gasteiger partial charge on any atom is -0.480 e. The van der Waals surface area contributed by atoms with Gasteiger partial charge in [-0.1, -0.05) is 30.3 Å². The van der Waals surface area contributed by atoms with Crippen molar-refractivity contribution in [2.75, 3.05) is 0 Å². The highest BCUT2D eigenvalue weighted by Crippen LogP contribution is 2.03. The molecule has 0 unspecified atom stereocenters. The molecule has 0 heterocycles. The molecule has 0 fully saturated rings. The van der Waals surface area contributed by atoms with Crippen LogP contribution in [0.25, 0.3) is 0 Å². The summed E-state index contributed by atoms with van der Waals surface area (Å²) in [6.45, 7) is 0. The number of aryl methyl sites for hydroxylation is 1. The lowest BCUT2D eigenvalue weighted by Crippen LogP contribution is -2.43. The number of amides is 2. The van der Waals surface area contributed by atoms with Crippen molar-refractivity contribution in [1.29, 1.82) is 0 Å². The Morgan fingerprint density at radius 1 is 1.21 bits per heavy atom. The number of primary amides is 1. The number of benzene rings is 1. The number of carbonyl (C=O) groups excluding carboxylic acids is 2. The van der Waals surface area contributed by atoms with Crippen LogP contribution >= 0.6 is 0 Å². The van der Waals surface area contributed by atoms with Crippen LogP contribution < -0.4 is 11.1 Å². The lowest BCUT2D eigenvalue weighted by Gasteiger charge is -2.12. The van der Waals surface area contributed by atoms with E-state index in [-0.39, 0.29) is 6.42 Å². The van der Waals surface area contributed by atoms with Crippen LogP contribution in [0.15, 0.2) is 30.3 Å². The number of nitrogens with two attached hydrogens (primary N) is 1. The normalized spacial score (nSPS) is 11.6. The summed E-state index contributed by atoms with van der Waals surface area (Å²) in [5, 5.41) is 11.1. The minimum absolute atomic E-state index is 0.159. The van der Waals surface area contributed by atoms with E-state index in [1.54, 1.807) is 0 Å². The first-order valence-electron chi connectivity index (χ1n) is 5.83. The molecule has 6 nitrogen and oxygen atoms in total. The van der Waals surface area contributed by atoms with E-state index in [1.165, 1.54) is 0 Å². The zero-order chi connectivity index (χ0) is 14.3. The van der Waals surface area contributed by atoms with Gasteiger partial charge in [-0.3, -0.25) is 9.59 Å². The van der Waals surface area contributed by atoms with E-state index >= 15 is 0 Å². The average molecular weight is 264 g/mol. The second kappa shape index (κ2) is 7.15. The molecule has 1 rings (SSSR count). The first-order valence-corrected chi connectivity index (χ1v) is 5.83. The predicted molar refractivity (Wildman–Crippen MR) is 68.1 cm³/mol. The molecular weight excluding hydrogens is 248 g/mol. The van der Waals surface area contributed by atoms with Crippen molar-refractivity contribution in [3.63, 3.8) is 0 Å². The SMILES string of the molecule is NC(=O)C[C@@H](NC(=O)CCc1ccccc1)C(=O)O. The van der Waals surface area contributed by atoms with Gasteiger partial charge >= 0.3 is 5.97 Å². The summed E-state index contributed by atoms with van der Waals surface area (Å²) in [6.07, 6.45) is 0.258. The van der Waals surface area contributed by atoms with Crippen molar-refractivity contribution in [2.24, 2.45) is 5.73 Å². The molecule has 6 heteroatoms. The molecule has 0 aromatic heterocycles. The summed E-state index contributed by atoms with van der Waals surface area (Å²) in [5.41, 5.74) is 5.90. The monoisotopic (exact) mass is 264 g/mol. The Morgan fingerprint density at radius 3 is 2.37 bits per heavy atom. The molecule has 1 atom stereocenters. The summed E-state index contributed by atoms with van der Waals surface area (Å²) < 4.78 is 0. The van der Waals surface area contributed by atoms with Crippen molar-refractivity contribution in [1.82, 2.24) is 5.32 Å². The lowest BCUT2D eigenvalue weighted by molar-refractivity contribution is -0.143. The van der Waals surface area contributed by atoms with E-state index in [0.717, 1.165) is 5.56 Å². The highest BCUT2D eigenvalue weighted by atomic mass is 16.4. The zero-order valence-electron chi connectivity index (χ0n) is 10.3. The van der Waals surface area contributed by atoms with E-state index in [9.17, 15) is 14.4 Å². The molecule has 0 aliphatic rings. The summed E-state index contributed by atoms with van der Waals surface area (Å²) in [6, 6.07) is 8.09. The van der Waals surface area contributed by atoms with Crippen molar-refractivity contribution in [3.8, 4) is 0 Å². The van der Waals surface area contributed by atoms with E-state index in [2.05, 4.69) is 5.32 Å². The Morgan fingerprint density at radius 2 is 1.84 bits per heavy atom. The lowest BCUT2D eigenvalue weighted by atomic mass is 10.1. The molecule has 4 N–H and O–H groups in total. The average Bonchev–Trinajstić information content (AvgIpc) is 2.36. The highest BCUT2D eigenvalue weighted by molar-refractivity contribution is 5.88. The molecule has 0 aliphatic heterocycles. The molecule has 0 aliphatic carbocycles. The molecule has 1 aromatic carbocycles. The molecular formula is C13H16N2O4. The third-order valence-electron chi connectivity index (χ3n) is 2.52. The molecule has 2 amide bonds. The van der Waals surface area contributed by atoms with E-state index in [0.29, 0.717) is 6.42 Å². The fraction of sp³-hybridized carbons (Fsp3) is 0.308. The van der Waals surface area contributed by atoms with Gasteiger partial charge in [-0.25, -0.2) is 4.79 Å². The maximum absolute atomic E-state index is 11.6. The Labute approximate surface area is 110 Å². The fourth-order valence-electron chi connectivity index (χ4n) is 1.57. The largest absolute Gasteiger partial charge is 0.480 e. The van der Waals surface area contributed by atoms with Gasteiger partial charge in [0.15, 0.2) is 0 Å². The minimum atomic E-state index is -1.27. The summed E-state index contributed by atoms with van der Waals surface area (Å²) >= 11 is 0. The number of aliphatic carboxylic acids is 1. The van der Waals surface area contributed by atoms with Gasteiger partial charge in [-0.05, 0) is 12.0 Å². The van der Waals surface area contributed by atoms with Gasteiger partial charge in [-0.2, -0.15) is 0 Å². The third-order valence-corrected chi connectivity index (χ3v) is 2.52. The highest BCUT2D eigenvalue weighted by Gasteiger charge is 2.21. The smallest absolute Gasteiger partial charge is 0.326 e. The Bertz CT molecular complexity index is 459. The van der Waals surface area contributed by atoms with Gasteiger partial charge in [-0.15, -0.1) is 0 Å². The van der Waals surface area contributed by atoms with Crippen molar-refractivity contribution >= 4 is 17.8 Å². The van der Waals surface area contributed by atoms with Crippen LogP contribution in [-0.2, 0) is 20.8 Å². The van der Waals surface area contributed by atoms with Crippen LogP contribution in [0.2, 0.25) is 0 Å². The second-order valence-electron chi connectivity index (χ2n) is 4.11. The number of carboxylic acids is 1. The predicted octanol–water partition coefficient (Wildman–Crippen LogP) is 0.0640. The second-order valence-corrected chi connectivity index (χ2v) is 4.11. The Balaban J connectivity index is 2.45. The summed E-state index contributed by atoms with van der Waals surface area (Å²) in [7, 11) is 0. The number of carboxylic acid groups (broad SMARTS) is 1. The third kappa shape index (κ3) is 5.67. The van der Waals surface area contributed by atoms with Gasteiger partial charge in [0, 0.05) is 6.42 Å². The molecule has 102 valence electrons. The van der Waals surface area contributed by atoms with Crippen molar-refractivity contribution < 1.29 is 19.5 Å². The number of nitrogens with one attached hydrogen (secondary N) is 1. The fourth-order valence-corrected chi connectivity index (χ4v) is 1.57. The number of hydrogen-bond donors (Lipinski definition) is 3. The van der Waals surface area contributed by atoms with Crippen LogP contribution in [0.5, 0.6) is 0 Å². The first-order chi connectivity index (χ1) is 8.99. The van der Waals surface area contributed by atoms with Crippen LogP contribution in [0.4, 0.5) is 0 Å². The van der Waals surface area contributed by atoms with E-state index in [1.807, 2.05) is 30.3 Å². The van der Waals surface area contributed by atoms with Gasteiger partial charge in [0.05, 0.1) is 6.42 Å². The van der Waals surface area contributed by atoms with Gasteiger partial charge < -0.3 is 16.2 Å². The molecule has 0 radical (unpaired) electrons. The molecule has 0 bridgehead atoms. The van der Waals surface area contributed by atoms with Gasteiger partial charge in [0.1, 0.15) is 6.04 Å². The maximum atomic E-state index is 11.6. The maximum Gasteiger partial charge on any atom is 0.326 e. The van der Waals surface area contributed by atoms with E-state index < -0.39 is 30.2 Å². The van der Waals surface area contributed by atoms with Crippen LogP contribution in [0.1, 0.15) is 18.4 Å². The molecule has 0 spiro atoms. The summed E-state index contributed by atoms with van der Waals surface area (Å²) in [4.78, 5) is 33.1. The van der Waals surface area contributed by atoms with Crippen LogP contribution in [-0.4, -0.2) is 28.9 Å². The quantitative estimate of drug-likeness (QED) is 0.647. The number of carbonyl (C=O) groups is 3. The van der Waals surface area contributed by atoms with Crippen molar-refractivity contribution in [3.05, 3.63) is 35.9 Å². The number of hydrogen-bond acceptors (Lipinski definition) is 3. The van der Waals surface area contributed by atoms with Crippen LogP contribution in [0.3, 0.4) is 0 Å². The molecule has 0 saturated heterocycles. The Kier molecular flexibility index (Phi) is 5.53. The molecule has 1 aromatic rings. The van der Waals surface area contributed by atoms with E-state index in [4.69, 9.17) is 10.8 Å². The Hall–Kier alpha value is -2.37. The molecule has 19 heavy (non-hydrogen) atoms. The first kappa shape index (κ1) is 14.7. The topological polar surface area (TPSA) is 109 Å². The van der Waals surface area contributed by atoms with Crippen molar-refractivity contribution in [2.45, 2.75) is 25.3 Å². The summed E-state index contributed by atoms with van der Waals surface area (Å²) in [5.74, 6) is -2.46. The standard InChI is InChI=1S/C13H16N2O4/c14-11(16)8-10(13(18)19)15-12(17)7-6-9-4-2-1-3-5-9/h1-5,10H,6-8H2,(H2,14,16)(H,15,17)(H,18,19)/t10-/m1/s1.